The van der Waals surface area contributed by atoms with Crippen LogP contribution in [0.2, 0.25) is 5.02 Å². The maximum atomic E-state index is 6.01. The Morgan fingerprint density at radius 1 is 1.30 bits per heavy atom. The van der Waals surface area contributed by atoms with Crippen LogP contribution in [0.3, 0.4) is 0 Å². The zero-order valence-corrected chi connectivity index (χ0v) is 12.6. The largest absolute Gasteiger partial charge is 0.496 e. The molecule has 0 aliphatic rings. The van der Waals surface area contributed by atoms with Crippen LogP contribution in [0.25, 0.3) is 0 Å². The van der Waals surface area contributed by atoms with Crippen LogP contribution >= 0.6 is 23.8 Å². The number of thiocarbonyl (C=S) groups is 1. The fraction of sp³-hybridized carbons (Fsp3) is 0.133. The summed E-state index contributed by atoms with van der Waals surface area (Å²) in [5.41, 5.74) is 8.35. The second-order valence-electron chi connectivity index (χ2n) is 4.22. The maximum Gasteiger partial charge on any atom is 0.123 e. The smallest absolute Gasteiger partial charge is 0.123 e. The van der Waals surface area contributed by atoms with Crippen LogP contribution in [0, 0.1) is 0 Å². The maximum absolute atomic E-state index is 6.01. The van der Waals surface area contributed by atoms with E-state index >= 15 is 0 Å². The predicted octanol–water partition coefficient (Wildman–Crippen LogP) is 3.59. The summed E-state index contributed by atoms with van der Waals surface area (Å²) < 4.78 is 5.32. The Balaban J connectivity index is 2.22. The van der Waals surface area contributed by atoms with Gasteiger partial charge in [-0.05, 0) is 24.3 Å². The molecule has 0 atom stereocenters. The molecule has 0 aliphatic heterocycles. The molecule has 0 amide bonds. The fourth-order valence-electron chi connectivity index (χ4n) is 1.92. The third-order valence-corrected chi connectivity index (χ3v) is 3.36. The van der Waals surface area contributed by atoms with E-state index in [0.29, 0.717) is 16.6 Å². The Bertz CT molecular complexity index is 631. The molecule has 0 saturated carbocycles. The molecule has 0 radical (unpaired) electrons. The van der Waals surface area contributed by atoms with E-state index in [-0.39, 0.29) is 0 Å². The van der Waals surface area contributed by atoms with E-state index < -0.39 is 0 Å². The average molecular weight is 307 g/mol. The van der Waals surface area contributed by atoms with Gasteiger partial charge in [0.1, 0.15) is 10.7 Å². The number of anilines is 1. The number of halogens is 1. The molecule has 0 aromatic heterocycles. The summed E-state index contributed by atoms with van der Waals surface area (Å²) in [5.74, 6) is 0.832. The lowest BCUT2D eigenvalue weighted by molar-refractivity contribution is 0.410. The van der Waals surface area contributed by atoms with E-state index in [4.69, 9.17) is 34.3 Å². The molecule has 2 aromatic rings. The minimum Gasteiger partial charge on any atom is -0.496 e. The minimum absolute atomic E-state index is 0.337. The molecule has 0 aliphatic carbocycles. The van der Waals surface area contributed by atoms with Gasteiger partial charge >= 0.3 is 0 Å². The number of rotatable bonds is 5. The number of ether oxygens (including phenoxy) is 1. The normalized spacial score (nSPS) is 10.1. The predicted molar refractivity (Wildman–Crippen MR) is 87.7 cm³/mol. The van der Waals surface area contributed by atoms with Gasteiger partial charge in [0.05, 0.1) is 7.11 Å². The van der Waals surface area contributed by atoms with E-state index in [1.165, 1.54) is 0 Å². The Morgan fingerprint density at radius 3 is 2.75 bits per heavy atom. The molecule has 104 valence electrons. The van der Waals surface area contributed by atoms with Crippen LogP contribution in [-0.4, -0.2) is 12.1 Å². The fourth-order valence-corrected chi connectivity index (χ4v) is 2.27. The summed E-state index contributed by atoms with van der Waals surface area (Å²) in [4.78, 5) is 0.337. The topological polar surface area (TPSA) is 47.3 Å². The molecule has 0 spiro atoms. The summed E-state index contributed by atoms with van der Waals surface area (Å²) in [6.07, 6.45) is 0. The quantitative estimate of drug-likeness (QED) is 0.829. The molecule has 0 bridgehead atoms. The van der Waals surface area contributed by atoms with Gasteiger partial charge in [0.25, 0.3) is 0 Å². The van der Waals surface area contributed by atoms with E-state index in [2.05, 4.69) is 5.32 Å². The van der Waals surface area contributed by atoms with Crippen LogP contribution < -0.4 is 15.8 Å². The Kier molecular flexibility index (Phi) is 4.82. The van der Waals surface area contributed by atoms with Crippen molar-refractivity contribution in [2.24, 2.45) is 5.73 Å². The van der Waals surface area contributed by atoms with Crippen molar-refractivity contribution >= 4 is 34.5 Å². The van der Waals surface area contributed by atoms with Crippen molar-refractivity contribution in [3.05, 3.63) is 58.6 Å². The molecule has 2 aromatic carbocycles. The highest BCUT2D eigenvalue weighted by molar-refractivity contribution is 7.80. The first kappa shape index (κ1) is 14.6. The van der Waals surface area contributed by atoms with Crippen molar-refractivity contribution in [3.8, 4) is 5.75 Å². The average Bonchev–Trinajstić information content (AvgIpc) is 2.45. The first-order chi connectivity index (χ1) is 9.61. The highest BCUT2D eigenvalue weighted by atomic mass is 35.5. The second-order valence-corrected chi connectivity index (χ2v) is 5.10. The molecule has 0 saturated heterocycles. The first-order valence-corrected chi connectivity index (χ1v) is 6.85. The second kappa shape index (κ2) is 6.59. The summed E-state index contributed by atoms with van der Waals surface area (Å²) in [6.45, 7) is 0.597. The molecule has 3 N–H and O–H groups in total. The molecular formula is C15H15ClN2OS. The first-order valence-electron chi connectivity index (χ1n) is 6.07. The number of benzene rings is 2. The zero-order valence-electron chi connectivity index (χ0n) is 11.0. The van der Waals surface area contributed by atoms with Gasteiger partial charge in [0.2, 0.25) is 0 Å². The number of methoxy groups -OCH3 is 1. The lowest BCUT2D eigenvalue weighted by Crippen LogP contribution is -2.13. The molecule has 0 heterocycles. The Labute approximate surface area is 128 Å². The molecule has 0 unspecified atom stereocenters. The van der Waals surface area contributed by atoms with Gasteiger partial charge in [-0.1, -0.05) is 42.0 Å². The van der Waals surface area contributed by atoms with Crippen LogP contribution in [0.5, 0.6) is 5.75 Å². The van der Waals surface area contributed by atoms with Crippen molar-refractivity contribution in [1.82, 2.24) is 0 Å². The molecular weight excluding hydrogens is 292 g/mol. The molecule has 5 heteroatoms. The third kappa shape index (κ3) is 3.40. The monoisotopic (exact) mass is 306 g/mol. The van der Waals surface area contributed by atoms with E-state index in [9.17, 15) is 0 Å². The summed E-state index contributed by atoms with van der Waals surface area (Å²) in [7, 11) is 1.65. The van der Waals surface area contributed by atoms with Crippen molar-refractivity contribution in [2.45, 2.75) is 6.54 Å². The van der Waals surface area contributed by atoms with E-state index in [1.54, 1.807) is 13.2 Å². The number of hydrogen-bond acceptors (Lipinski definition) is 3. The number of nitrogens with two attached hydrogens (primary N) is 1. The van der Waals surface area contributed by atoms with Gasteiger partial charge in [0.15, 0.2) is 0 Å². The van der Waals surface area contributed by atoms with Crippen LogP contribution in [0.15, 0.2) is 42.5 Å². The molecule has 0 fully saturated rings. The third-order valence-electron chi connectivity index (χ3n) is 2.91. The lowest BCUT2D eigenvalue weighted by atomic mass is 10.1. The van der Waals surface area contributed by atoms with Crippen molar-refractivity contribution in [2.75, 3.05) is 12.4 Å². The summed E-state index contributed by atoms with van der Waals surface area (Å²) in [6, 6.07) is 13.2. The Hall–Kier alpha value is -1.78. The van der Waals surface area contributed by atoms with Crippen LogP contribution in [0.4, 0.5) is 5.69 Å². The van der Waals surface area contributed by atoms with Gasteiger partial charge in [0, 0.05) is 28.4 Å². The number of para-hydroxylation sites is 1. The standard InChI is InChI=1S/C15H15ClN2OS/c1-19-14-5-3-2-4-10(14)9-18-13-8-11(16)6-7-12(13)15(17)20/h2-8,18H,9H2,1H3,(H2,17,20). The van der Waals surface area contributed by atoms with Gasteiger partial charge in [-0.2, -0.15) is 0 Å². The van der Waals surface area contributed by atoms with Crippen LogP contribution in [-0.2, 0) is 6.54 Å². The number of hydrogen-bond donors (Lipinski definition) is 2. The highest BCUT2D eigenvalue weighted by Gasteiger charge is 2.07. The highest BCUT2D eigenvalue weighted by Crippen LogP contribution is 2.24. The van der Waals surface area contributed by atoms with Gasteiger partial charge in [-0.15, -0.1) is 0 Å². The van der Waals surface area contributed by atoms with E-state index in [0.717, 1.165) is 22.6 Å². The Morgan fingerprint density at radius 2 is 2.05 bits per heavy atom. The molecule has 3 nitrogen and oxygen atoms in total. The summed E-state index contributed by atoms with van der Waals surface area (Å²) in [5, 5.41) is 3.93. The van der Waals surface area contributed by atoms with Crippen LogP contribution in [0.1, 0.15) is 11.1 Å². The SMILES string of the molecule is COc1ccccc1CNc1cc(Cl)ccc1C(N)=S. The van der Waals surface area contributed by atoms with Crippen molar-refractivity contribution in [1.29, 1.82) is 0 Å². The number of nitrogens with one attached hydrogen (secondary N) is 1. The van der Waals surface area contributed by atoms with Gasteiger partial charge < -0.3 is 15.8 Å². The lowest BCUT2D eigenvalue weighted by Gasteiger charge is -2.13. The zero-order chi connectivity index (χ0) is 14.5. The van der Waals surface area contributed by atoms with Crippen molar-refractivity contribution < 1.29 is 4.74 Å². The van der Waals surface area contributed by atoms with Crippen molar-refractivity contribution in [3.63, 3.8) is 0 Å². The van der Waals surface area contributed by atoms with E-state index in [1.807, 2.05) is 36.4 Å². The molecule has 20 heavy (non-hydrogen) atoms. The van der Waals surface area contributed by atoms with Gasteiger partial charge in [-0.3, -0.25) is 0 Å². The summed E-state index contributed by atoms with van der Waals surface area (Å²) >= 11 is 11.1. The minimum atomic E-state index is 0.337. The molecule has 2 rings (SSSR count). The van der Waals surface area contributed by atoms with Gasteiger partial charge in [-0.25, -0.2) is 0 Å².